The summed E-state index contributed by atoms with van der Waals surface area (Å²) in [6.07, 6.45) is 3.31. The molecular weight excluding hydrogens is 423 g/mol. The van der Waals surface area contributed by atoms with Crippen molar-refractivity contribution in [2.45, 2.75) is 23.3 Å². The average Bonchev–Trinajstić information content (AvgIpc) is 3.47. The summed E-state index contributed by atoms with van der Waals surface area (Å²) in [5.41, 5.74) is -1.46. The van der Waals surface area contributed by atoms with E-state index in [9.17, 15) is 18.3 Å². The predicted octanol–water partition coefficient (Wildman–Crippen LogP) is 2.81. The molecule has 2 aromatic carbocycles. The lowest BCUT2D eigenvalue weighted by Crippen LogP contribution is -2.45. The minimum atomic E-state index is -4.75. The molecule has 9 heteroatoms. The number of nitrogens with zero attached hydrogens (tertiary/aromatic N) is 1. The molecule has 0 radical (unpaired) electrons. The molecule has 2 N–H and O–H groups in total. The fourth-order valence-corrected chi connectivity index (χ4v) is 5.91. The van der Waals surface area contributed by atoms with Crippen LogP contribution in [0.5, 0.6) is 5.75 Å². The Hall–Kier alpha value is -2.75. The van der Waals surface area contributed by atoms with E-state index in [0.29, 0.717) is 17.9 Å². The SMILES string of the molecule is CCNC/C=C\c1ccccc1S(=O)(=O)N(F)C1(C(=O)O)C2COc3ccccc3C21. The summed E-state index contributed by atoms with van der Waals surface area (Å²) in [5, 5.41) is 13.1. The number of hydrogen-bond donors (Lipinski definition) is 2. The van der Waals surface area contributed by atoms with Crippen LogP contribution in [0.25, 0.3) is 6.08 Å². The second-order valence-electron chi connectivity index (χ2n) is 7.53. The zero-order valence-corrected chi connectivity index (χ0v) is 17.7. The van der Waals surface area contributed by atoms with E-state index in [1.807, 2.05) is 6.92 Å². The highest BCUT2D eigenvalue weighted by Gasteiger charge is 2.79. The van der Waals surface area contributed by atoms with E-state index in [-0.39, 0.29) is 17.1 Å². The Morgan fingerprint density at radius 2 is 2.00 bits per heavy atom. The number of sulfonamides is 1. The van der Waals surface area contributed by atoms with E-state index in [4.69, 9.17) is 4.74 Å². The van der Waals surface area contributed by atoms with Gasteiger partial charge in [-0.05, 0) is 28.8 Å². The molecule has 2 aliphatic rings. The first-order chi connectivity index (χ1) is 14.9. The van der Waals surface area contributed by atoms with E-state index in [2.05, 4.69) is 5.32 Å². The van der Waals surface area contributed by atoms with Crippen molar-refractivity contribution in [1.82, 2.24) is 9.84 Å². The highest BCUT2D eigenvalue weighted by atomic mass is 32.2. The van der Waals surface area contributed by atoms with Crippen LogP contribution in [-0.2, 0) is 14.8 Å². The Labute approximate surface area is 180 Å². The number of benzene rings is 2. The number of nitrogens with one attached hydrogen (secondary N) is 1. The monoisotopic (exact) mass is 446 g/mol. The molecule has 7 nitrogen and oxygen atoms in total. The Morgan fingerprint density at radius 1 is 1.29 bits per heavy atom. The number of hydrogen-bond acceptors (Lipinski definition) is 5. The minimum Gasteiger partial charge on any atom is -0.493 e. The lowest BCUT2D eigenvalue weighted by Gasteiger charge is -2.22. The highest BCUT2D eigenvalue weighted by Crippen LogP contribution is 2.66. The van der Waals surface area contributed by atoms with E-state index in [0.717, 1.165) is 6.54 Å². The number of rotatable bonds is 8. The van der Waals surface area contributed by atoms with Crippen molar-refractivity contribution in [3.05, 3.63) is 65.7 Å². The van der Waals surface area contributed by atoms with Crippen molar-refractivity contribution in [2.24, 2.45) is 5.92 Å². The number of carbonyl (C=O) groups is 1. The molecule has 1 saturated carbocycles. The third-order valence-electron chi connectivity index (χ3n) is 5.86. The second-order valence-corrected chi connectivity index (χ2v) is 9.24. The lowest BCUT2D eigenvalue weighted by molar-refractivity contribution is -0.149. The molecule has 0 saturated heterocycles. The number of likely N-dealkylation sites (N-methyl/N-ethyl adjacent to an activating group) is 1. The molecular formula is C22H23FN2O5S. The summed E-state index contributed by atoms with van der Waals surface area (Å²) < 4.78 is 47.4. The molecule has 3 unspecified atom stereocenters. The maximum atomic E-state index is 15.7. The third kappa shape index (κ3) is 3.33. The van der Waals surface area contributed by atoms with Gasteiger partial charge in [0, 0.05) is 23.9 Å². The first-order valence-electron chi connectivity index (χ1n) is 9.99. The van der Waals surface area contributed by atoms with Crippen LogP contribution in [0.3, 0.4) is 0 Å². The molecule has 3 atom stereocenters. The molecule has 4 rings (SSSR count). The Balaban J connectivity index is 1.73. The topological polar surface area (TPSA) is 95.9 Å². The van der Waals surface area contributed by atoms with Crippen molar-refractivity contribution < 1.29 is 27.5 Å². The van der Waals surface area contributed by atoms with Crippen LogP contribution in [0.15, 0.2) is 59.5 Å². The zero-order chi connectivity index (χ0) is 22.2. The van der Waals surface area contributed by atoms with E-state index in [1.54, 1.807) is 48.6 Å². The molecule has 1 aliphatic carbocycles. The van der Waals surface area contributed by atoms with Gasteiger partial charge in [0.1, 0.15) is 5.75 Å². The van der Waals surface area contributed by atoms with Crippen LogP contribution in [0.4, 0.5) is 4.48 Å². The van der Waals surface area contributed by atoms with Crippen molar-refractivity contribution >= 4 is 22.1 Å². The molecule has 0 bridgehead atoms. The smallest absolute Gasteiger partial charge is 0.329 e. The van der Waals surface area contributed by atoms with Crippen LogP contribution in [0, 0.1) is 5.92 Å². The fraction of sp³-hybridized carbons (Fsp3) is 0.318. The zero-order valence-electron chi connectivity index (χ0n) is 16.9. The highest BCUT2D eigenvalue weighted by molar-refractivity contribution is 7.89. The summed E-state index contributed by atoms with van der Waals surface area (Å²) in [5.74, 6) is -2.74. The number of halogens is 1. The molecule has 164 valence electrons. The van der Waals surface area contributed by atoms with E-state index < -0.39 is 37.9 Å². The standard InChI is InChI=1S/C22H23FN2O5S/c1-2-24-13-7-9-15-8-3-6-12-19(15)31(28,29)25(23)22(21(26)27)17-14-30-18-11-5-4-10-16(18)20(17)22/h3-12,17,20,24H,2,13-14H2,1H3,(H,26,27)/b9-7-. The van der Waals surface area contributed by atoms with Gasteiger partial charge in [-0.3, -0.25) is 4.79 Å². The predicted molar refractivity (Wildman–Crippen MR) is 113 cm³/mol. The van der Waals surface area contributed by atoms with E-state index >= 15 is 4.48 Å². The quantitative estimate of drug-likeness (QED) is 0.478. The molecule has 0 amide bonds. The molecule has 1 fully saturated rings. The van der Waals surface area contributed by atoms with Crippen molar-refractivity contribution in [2.75, 3.05) is 19.7 Å². The van der Waals surface area contributed by atoms with Gasteiger partial charge in [0.05, 0.1) is 11.5 Å². The number of aliphatic carboxylic acids is 1. The maximum Gasteiger partial charge on any atom is 0.329 e. The number of para-hydroxylation sites is 1. The van der Waals surface area contributed by atoms with Crippen LogP contribution in [-0.4, -0.2) is 49.3 Å². The van der Waals surface area contributed by atoms with Crippen molar-refractivity contribution in [3.8, 4) is 5.75 Å². The molecule has 1 heterocycles. The largest absolute Gasteiger partial charge is 0.493 e. The van der Waals surface area contributed by atoms with Gasteiger partial charge < -0.3 is 15.2 Å². The first-order valence-corrected chi connectivity index (χ1v) is 11.4. The molecule has 31 heavy (non-hydrogen) atoms. The van der Waals surface area contributed by atoms with Crippen molar-refractivity contribution in [3.63, 3.8) is 0 Å². The van der Waals surface area contributed by atoms with Gasteiger partial charge in [-0.25, -0.2) is 8.42 Å². The van der Waals surface area contributed by atoms with Gasteiger partial charge in [0.2, 0.25) is 0 Å². The number of carboxylic acids is 1. The van der Waals surface area contributed by atoms with Crippen LogP contribution < -0.4 is 10.1 Å². The Morgan fingerprint density at radius 3 is 2.74 bits per heavy atom. The van der Waals surface area contributed by atoms with Gasteiger partial charge in [-0.15, -0.1) is 4.48 Å². The summed E-state index contributed by atoms with van der Waals surface area (Å²) >= 11 is 0. The number of carboxylic acid groups (broad SMARTS) is 1. The number of fused-ring (bicyclic) bond motifs is 3. The fourth-order valence-electron chi connectivity index (χ4n) is 4.33. The van der Waals surface area contributed by atoms with Gasteiger partial charge in [-0.2, -0.15) is 0 Å². The Bertz CT molecular complexity index is 1140. The van der Waals surface area contributed by atoms with Crippen LogP contribution >= 0.6 is 0 Å². The second kappa shape index (κ2) is 8.07. The lowest BCUT2D eigenvalue weighted by atomic mass is 10.0. The van der Waals surface area contributed by atoms with Crippen molar-refractivity contribution in [1.29, 1.82) is 0 Å². The molecule has 0 spiro atoms. The summed E-state index contributed by atoms with van der Waals surface area (Å²) in [6, 6.07) is 12.7. The van der Waals surface area contributed by atoms with Gasteiger partial charge in [0.25, 0.3) is 10.0 Å². The molecule has 1 aliphatic heterocycles. The van der Waals surface area contributed by atoms with Gasteiger partial charge >= 0.3 is 5.97 Å². The number of ether oxygens (including phenoxy) is 1. The summed E-state index contributed by atoms with van der Waals surface area (Å²) in [7, 11) is -4.75. The third-order valence-corrected chi connectivity index (χ3v) is 7.51. The summed E-state index contributed by atoms with van der Waals surface area (Å²) in [4.78, 5) is 12.0. The molecule has 2 aromatic rings. The average molecular weight is 447 g/mol. The van der Waals surface area contributed by atoms with Crippen LogP contribution in [0.1, 0.15) is 24.0 Å². The van der Waals surface area contributed by atoms with Gasteiger partial charge in [-0.1, -0.05) is 55.5 Å². The Kier molecular flexibility index (Phi) is 5.59. The summed E-state index contributed by atoms with van der Waals surface area (Å²) in [6.45, 7) is 3.13. The van der Waals surface area contributed by atoms with Crippen LogP contribution in [0.2, 0.25) is 0 Å². The van der Waals surface area contributed by atoms with E-state index in [1.165, 1.54) is 12.1 Å². The maximum absolute atomic E-state index is 15.7. The molecule has 0 aromatic heterocycles. The normalized spacial score (nSPS) is 24.5. The van der Waals surface area contributed by atoms with Gasteiger partial charge in [0.15, 0.2) is 5.54 Å². The first kappa shape index (κ1) is 21.5. The minimum absolute atomic E-state index is 0.0752.